The summed E-state index contributed by atoms with van der Waals surface area (Å²) in [7, 11) is 0. The van der Waals surface area contributed by atoms with Crippen molar-refractivity contribution in [3.8, 4) is 0 Å². The molecule has 0 aliphatic rings. The molecule has 2 N–H and O–H groups in total. The van der Waals surface area contributed by atoms with Gasteiger partial charge in [-0.25, -0.2) is 4.98 Å². The third-order valence-corrected chi connectivity index (χ3v) is 5.17. The summed E-state index contributed by atoms with van der Waals surface area (Å²) in [5.74, 6) is 0.905. The number of nitrogens with two attached hydrogens (primary N) is 1. The monoisotopic (exact) mass is 286 g/mol. The van der Waals surface area contributed by atoms with Crippen LogP contribution in [0.15, 0.2) is 47.4 Å². The number of para-hydroxylation sites is 1. The quantitative estimate of drug-likeness (QED) is 0.570. The summed E-state index contributed by atoms with van der Waals surface area (Å²) in [5.41, 5.74) is 8.91. The number of hydrogen-bond acceptors (Lipinski definition) is 4. The molecule has 1 heterocycles. The molecule has 0 aliphatic heterocycles. The Labute approximate surface area is 120 Å². The van der Waals surface area contributed by atoms with Crippen LogP contribution in [0.2, 0.25) is 0 Å². The molecule has 2 nitrogen and oxygen atoms in total. The van der Waals surface area contributed by atoms with Crippen LogP contribution in [-0.2, 0) is 5.75 Å². The number of nitrogens with zero attached hydrogens (tertiary/aromatic N) is 1. The number of thiazole rings is 1. The highest BCUT2D eigenvalue weighted by Crippen LogP contribution is 2.29. The van der Waals surface area contributed by atoms with Crippen LogP contribution in [0.1, 0.15) is 10.6 Å². The Morgan fingerprint density at radius 2 is 2.05 bits per heavy atom. The molecule has 0 aliphatic carbocycles. The van der Waals surface area contributed by atoms with Gasteiger partial charge < -0.3 is 5.73 Å². The van der Waals surface area contributed by atoms with E-state index < -0.39 is 0 Å². The van der Waals surface area contributed by atoms with E-state index in [9.17, 15) is 0 Å². The van der Waals surface area contributed by atoms with E-state index in [1.54, 1.807) is 23.1 Å². The number of benzene rings is 2. The summed E-state index contributed by atoms with van der Waals surface area (Å²) < 4.78 is 1.26. The van der Waals surface area contributed by atoms with E-state index in [-0.39, 0.29) is 0 Å². The highest BCUT2D eigenvalue weighted by Gasteiger charge is 2.04. The van der Waals surface area contributed by atoms with Crippen molar-refractivity contribution in [2.24, 2.45) is 0 Å². The fourth-order valence-corrected chi connectivity index (χ4v) is 3.82. The maximum atomic E-state index is 5.83. The van der Waals surface area contributed by atoms with E-state index in [0.717, 1.165) is 22.5 Å². The molecule has 0 bridgehead atoms. The number of fused-ring (bicyclic) bond motifs is 1. The normalized spacial score (nSPS) is 11.0. The minimum atomic E-state index is 0.851. The van der Waals surface area contributed by atoms with Gasteiger partial charge in [0.25, 0.3) is 0 Å². The van der Waals surface area contributed by atoms with Crippen LogP contribution in [0.4, 0.5) is 5.69 Å². The largest absolute Gasteiger partial charge is 0.399 e. The molecule has 4 heteroatoms. The van der Waals surface area contributed by atoms with Crippen molar-refractivity contribution in [2.45, 2.75) is 17.6 Å². The van der Waals surface area contributed by atoms with E-state index in [1.165, 1.54) is 14.6 Å². The van der Waals surface area contributed by atoms with E-state index in [1.807, 2.05) is 19.1 Å². The van der Waals surface area contributed by atoms with E-state index >= 15 is 0 Å². The van der Waals surface area contributed by atoms with Gasteiger partial charge in [-0.05, 0) is 42.8 Å². The van der Waals surface area contributed by atoms with Crippen molar-refractivity contribution < 1.29 is 0 Å². The van der Waals surface area contributed by atoms with Gasteiger partial charge in [-0.15, -0.1) is 23.1 Å². The molecule has 0 saturated carbocycles. The number of rotatable bonds is 3. The first-order chi connectivity index (χ1) is 9.22. The van der Waals surface area contributed by atoms with Gasteiger partial charge in [-0.3, -0.25) is 0 Å². The van der Waals surface area contributed by atoms with Gasteiger partial charge in [0.05, 0.1) is 16.0 Å². The molecule has 96 valence electrons. The molecule has 1 aromatic heterocycles. The second-order valence-electron chi connectivity index (χ2n) is 4.38. The van der Waals surface area contributed by atoms with Crippen molar-refractivity contribution in [2.75, 3.05) is 5.73 Å². The van der Waals surface area contributed by atoms with Crippen molar-refractivity contribution in [1.29, 1.82) is 0 Å². The first kappa shape index (κ1) is 12.5. The zero-order chi connectivity index (χ0) is 13.2. The lowest BCUT2D eigenvalue weighted by Crippen LogP contribution is -1.88. The van der Waals surface area contributed by atoms with Gasteiger partial charge >= 0.3 is 0 Å². The Morgan fingerprint density at radius 1 is 1.21 bits per heavy atom. The molecule has 0 radical (unpaired) electrons. The molecule has 3 rings (SSSR count). The van der Waals surface area contributed by atoms with Crippen molar-refractivity contribution in [3.63, 3.8) is 0 Å². The molecule has 0 unspecified atom stereocenters. The number of hydrogen-bond donors (Lipinski definition) is 1. The van der Waals surface area contributed by atoms with Crippen LogP contribution in [-0.4, -0.2) is 4.98 Å². The summed E-state index contributed by atoms with van der Waals surface area (Å²) in [6.45, 7) is 2.04. The number of aryl methyl sites for hydroxylation is 1. The van der Waals surface area contributed by atoms with Crippen molar-refractivity contribution in [3.05, 3.63) is 53.0 Å². The number of aromatic nitrogens is 1. The summed E-state index contributed by atoms with van der Waals surface area (Å²) >= 11 is 3.57. The molecule has 0 saturated heterocycles. The van der Waals surface area contributed by atoms with Crippen molar-refractivity contribution >= 4 is 39.0 Å². The molecule has 3 aromatic rings. The Kier molecular flexibility index (Phi) is 3.44. The molecule has 2 aromatic carbocycles. The van der Waals surface area contributed by atoms with Gasteiger partial charge in [-0.2, -0.15) is 0 Å². The zero-order valence-electron chi connectivity index (χ0n) is 10.6. The minimum absolute atomic E-state index is 0.851. The first-order valence-electron chi connectivity index (χ1n) is 6.06. The SMILES string of the molecule is Cc1cc(SCc2nc3ccccc3s2)ccc1N. The van der Waals surface area contributed by atoms with Gasteiger partial charge in [0.2, 0.25) is 0 Å². The average Bonchev–Trinajstić information content (AvgIpc) is 2.83. The molecule has 0 fully saturated rings. The summed E-state index contributed by atoms with van der Waals surface area (Å²) in [5, 5.41) is 1.17. The lowest BCUT2D eigenvalue weighted by Gasteiger charge is -2.03. The fraction of sp³-hybridized carbons (Fsp3) is 0.133. The van der Waals surface area contributed by atoms with Gasteiger partial charge in [0.1, 0.15) is 5.01 Å². The molecule has 0 atom stereocenters. The highest BCUT2D eigenvalue weighted by atomic mass is 32.2. The lowest BCUT2D eigenvalue weighted by atomic mass is 10.2. The third kappa shape index (κ3) is 2.74. The highest BCUT2D eigenvalue weighted by molar-refractivity contribution is 7.98. The predicted molar refractivity (Wildman–Crippen MR) is 84.8 cm³/mol. The molecular weight excluding hydrogens is 272 g/mol. The number of thioether (sulfide) groups is 1. The second kappa shape index (κ2) is 5.23. The Morgan fingerprint density at radius 3 is 2.84 bits per heavy atom. The maximum absolute atomic E-state index is 5.83. The Hall–Kier alpha value is -1.52. The van der Waals surface area contributed by atoms with E-state index in [2.05, 4.69) is 35.3 Å². The average molecular weight is 286 g/mol. The standard InChI is InChI=1S/C15H14N2S2/c1-10-8-11(6-7-12(10)16)18-9-15-17-13-4-2-3-5-14(13)19-15/h2-8H,9,16H2,1H3. The third-order valence-electron chi connectivity index (χ3n) is 2.94. The number of nitrogen functional groups attached to an aromatic ring is 1. The first-order valence-corrected chi connectivity index (χ1v) is 7.86. The van der Waals surface area contributed by atoms with Crippen LogP contribution in [0.5, 0.6) is 0 Å². The molecule has 19 heavy (non-hydrogen) atoms. The zero-order valence-corrected chi connectivity index (χ0v) is 12.2. The second-order valence-corrected chi connectivity index (χ2v) is 6.55. The maximum Gasteiger partial charge on any atom is 0.104 e. The smallest absolute Gasteiger partial charge is 0.104 e. The van der Waals surface area contributed by atoms with Crippen LogP contribution in [0, 0.1) is 6.92 Å². The minimum Gasteiger partial charge on any atom is -0.399 e. The van der Waals surface area contributed by atoms with E-state index in [0.29, 0.717) is 0 Å². The lowest BCUT2D eigenvalue weighted by molar-refractivity contribution is 1.29. The van der Waals surface area contributed by atoms with Crippen molar-refractivity contribution in [1.82, 2.24) is 4.98 Å². The van der Waals surface area contributed by atoms with Gasteiger partial charge in [0, 0.05) is 10.6 Å². The summed E-state index contributed by atoms with van der Waals surface area (Å²) in [6.07, 6.45) is 0. The van der Waals surface area contributed by atoms with Gasteiger partial charge in [0.15, 0.2) is 0 Å². The fourth-order valence-electron chi connectivity index (χ4n) is 1.86. The molecular formula is C15H14N2S2. The summed E-state index contributed by atoms with van der Waals surface area (Å²) in [6, 6.07) is 14.4. The predicted octanol–water partition coefficient (Wildman–Crippen LogP) is 4.48. The van der Waals surface area contributed by atoms with Crippen LogP contribution < -0.4 is 5.73 Å². The Balaban J connectivity index is 1.76. The summed E-state index contributed by atoms with van der Waals surface area (Å²) in [4.78, 5) is 5.88. The molecule has 0 amide bonds. The topological polar surface area (TPSA) is 38.9 Å². The molecule has 0 spiro atoms. The van der Waals surface area contributed by atoms with Gasteiger partial charge in [-0.1, -0.05) is 12.1 Å². The van der Waals surface area contributed by atoms with Crippen LogP contribution in [0.3, 0.4) is 0 Å². The van der Waals surface area contributed by atoms with Crippen LogP contribution in [0.25, 0.3) is 10.2 Å². The van der Waals surface area contributed by atoms with Crippen LogP contribution >= 0.6 is 23.1 Å². The Bertz CT molecular complexity index is 686. The van der Waals surface area contributed by atoms with E-state index in [4.69, 9.17) is 5.73 Å². The number of anilines is 1.